The van der Waals surface area contributed by atoms with Crippen LogP contribution in [0.25, 0.3) is 11.1 Å². The molecule has 29 heavy (non-hydrogen) atoms. The maximum Gasteiger partial charge on any atom is 0.416 e. The monoisotopic (exact) mass is 418 g/mol. The van der Waals surface area contributed by atoms with E-state index in [0.29, 0.717) is 17.3 Å². The van der Waals surface area contributed by atoms with Gasteiger partial charge < -0.3 is 4.90 Å². The summed E-state index contributed by atoms with van der Waals surface area (Å²) in [5, 5.41) is 0.0429. The minimum absolute atomic E-state index is 0.0308. The number of amidine groups is 1. The molecule has 0 spiro atoms. The van der Waals surface area contributed by atoms with Gasteiger partial charge in [-0.2, -0.15) is 17.6 Å². The molecular formula is C23H25F3N2S. The normalized spacial score (nSPS) is 21.0. The zero-order valence-corrected chi connectivity index (χ0v) is 17.9. The SMILES string of the molecule is CCC(C)C(C)(CC)C1SN=C2c3cc(C(F)(F)F)ccc3-c3ccccc3N21. The van der Waals surface area contributed by atoms with Crippen LogP contribution in [0.4, 0.5) is 18.9 Å². The molecule has 154 valence electrons. The van der Waals surface area contributed by atoms with E-state index in [4.69, 9.17) is 4.40 Å². The number of nitrogens with zero attached hydrogens (tertiary/aromatic N) is 2. The summed E-state index contributed by atoms with van der Waals surface area (Å²) >= 11 is 1.50. The summed E-state index contributed by atoms with van der Waals surface area (Å²) < 4.78 is 45.0. The van der Waals surface area contributed by atoms with Crippen LogP contribution in [0.5, 0.6) is 0 Å². The smallest absolute Gasteiger partial charge is 0.310 e. The Balaban J connectivity index is 1.90. The first-order valence-corrected chi connectivity index (χ1v) is 10.9. The number of fused-ring (bicyclic) bond motifs is 6. The van der Waals surface area contributed by atoms with Gasteiger partial charge in [0.1, 0.15) is 11.2 Å². The van der Waals surface area contributed by atoms with Gasteiger partial charge in [-0.15, -0.1) is 0 Å². The molecule has 0 aromatic heterocycles. The molecule has 0 N–H and O–H groups in total. The molecule has 0 amide bonds. The highest BCUT2D eigenvalue weighted by Gasteiger charge is 2.48. The molecule has 2 aromatic carbocycles. The number of benzene rings is 2. The summed E-state index contributed by atoms with van der Waals surface area (Å²) in [4.78, 5) is 2.18. The quantitative estimate of drug-likeness (QED) is 0.481. The van der Waals surface area contributed by atoms with Gasteiger partial charge in [-0.05, 0) is 36.1 Å². The Hall–Kier alpha value is -1.95. The summed E-state index contributed by atoms with van der Waals surface area (Å²) in [6, 6.07) is 12.0. The molecule has 3 unspecified atom stereocenters. The molecule has 0 fully saturated rings. The van der Waals surface area contributed by atoms with Crippen molar-refractivity contribution in [2.45, 2.75) is 52.1 Å². The second-order valence-corrected chi connectivity index (χ2v) is 9.03. The number of halogens is 3. The van der Waals surface area contributed by atoms with Crippen molar-refractivity contribution in [1.29, 1.82) is 0 Å². The predicted octanol–water partition coefficient (Wildman–Crippen LogP) is 7.39. The van der Waals surface area contributed by atoms with Crippen molar-refractivity contribution in [2.24, 2.45) is 15.7 Å². The lowest BCUT2D eigenvalue weighted by Crippen LogP contribution is -2.48. The van der Waals surface area contributed by atoms with E-state index in [1.165, 1.54) is 24.1 Å². The van der Waals surface area contributed by atoms with E-state index in [0.717, 1.165) is 29.7 Å². The van der Waals surface area contributed by atoms with Crippen molar-refractivity contribution >= 4 is 23.5 Å². The van der Waals surface area contributed by atoms with Crippen molar-refractivity contribution in [3.8, 4) is 11.1 Å². The second-order valence-electron chi connectivity index (χ2n) is 8.19. The van der Waals surface area contributed by atoms with Crippen molar-refractivity contribution in [1.82, 2.24) is 0 Å². The number of hydrogen-bond donors (Lipinski definition) is 0. The zero-order valence-electron chi connectivity index (χ0n) is 17.0. The number of rotatable bonds is 4. The predicted molar refractivity (Wildman–Crippen MR) is 115 cm³/mol. The zero-order chi connectivity index (χ0) is 21.0. The van der Waals surface area contributed by atoms with Crippen LogP contribution in [0.15, 0.2) is 46.9 Å². The molecule has 0 saturated carbocycles. The van der Waals surface area contributed by atoms with E-state index in [9.17, 15) is 13.2 Å². The van der Waals surface area contributed by atoms with Gasteiger partial charge in [0, 0.05) is 28.5 Å². The highest BCUT2D eigenvalue weighted by atomic mass is 32.2. The summed E-state index contributed by atoms with van der Waals surface area (Å²) in [6.07, 6.45) is -2.37. The van der Waals surface area contributed by atoms with Crippen LogP contribution in [0.3, 0.4) is 0 Å². The molecule has 2 aliphatic heterocycles. The third-order valence-corrected chi connectivity index (χ3v) is 8.03. The molecule has 6 heteroatoms. The summed E-state index contributed by atoms with van der Waals surface area (Å²) in [7, 11) is 0. The number of alkyl halides is 3. The van der Waals surface area contributed by atoms with Crippen LogP contribution in [0.1, 0.15) is 51.7 Å². The van der Waals surface area contributed by atoms with Crippen LogP contribution in [0.2, 0.25) is 0 Å². The van der Waals surface area contributed by atoms with E-state index in [-0.39, 0.29) is 10.8 Å². The van der Waals surface area contributed by atoms with Crippen molar-refractivity contribution < 1.29 is 13.2 Å². The Bertz CT molecular complexity index is 969. The van der Waals surface area contributed by atoms with Crippen molar-refractivity contribution in [3.63, 3.8) is 0 Å². The fourth-order valence-electron chi connectivity index (χ4n) is 4.42. The van der Waals surface area contributed by atoms with Crippen LogP contribution < -0.4 is 4.90 Å². The Kier molecular flexibility index (Phi) is 4.96. The largest absolute Gasteiger partial charge is 0.416 e. The number of hydrogen-bond acceptors (Lipinski definition) is 3. The third-order valence-electron chi connectivity index (χ3n) is 6.81. The van der Waals surface area contributed by atoms with Gasteiger partial charge in [-0.1, -0.05) is 58.4 Å². The van der Waals surface area contributed by atoms with Gasteiger partial charge in [-0.3, -0.25) is 0 Å². The van der Waals surface area contributed by atoms with Crippen molar-refractivity contribution in [3.05, 3.63) is 53.6 Å². The molecule has 0 radical (unpaired) electrons. The minimum atomic E-state index is -4.38. The Morgan fingerprint density at radius 1 is 1.07 bits per heavy atom. The Morgan fingerprint density at radius 2 is 1.79 bits per heavy atom. The summed E-state index contributed by atoms with van der Waals surface area (Å²) in [6.45, 7) is 8.92. The van der Waals surface area contributed by atoms with E-state index in [1.54, 1.807) is 6.07 Å². The maximum absolute atomic E-state index is 13.4. The number of para-hydroxylation sites is 1. The molecule has 0 saturated heterocycles. The van der Waals surface area contributed by atoms with Crippen molar-refractivity contribution in [2.75, 3.05) is 4.90 Å². The van der Waals surface area contributed by atoms with Gasteiger partial charge >= 0.3 is 6.18 Å². The van der Waals surface area contributed by atoms with Crippen LogP contribution in [0, 0.1) is 11.3 Å². The fraction of sp³-hybridized carbons (Fsp3) is 0.435. The van der Waals surface area contributed by atoms with E-state index in [1.807, 2.05) is 18.2 Å². The molecule has 4 rings (SSSR count). The number of anilines is 1. The van der Waals surface area contributed by atoms with Crippen LogP contribution in [-0.4, -0.2) is 11.2 Å². The molecule has 2 aromatic rings. The standard InChI is InChI=1S/C23H25F3N2S/c1-5-14(3)22(4,6-2)21-28-19-10-8-7-9-17(19)16-12-11-15(23(24,25)26)13-18(16)20(28)27-29-21/h7-14,21H,5-6H2,1-4H3. The molecule has 2 aliphatic rings. The first-order valence-electron chi connectivity index (χ1n) is 10.1. The van der Waals surface area contributed by atoms with Gasteiger partial charge in [0.2, 0.25) is 0 Å². The maximum atomic E-state index is 13.4. The molecular weight excluding hydrogens is 393 g/mol. The first-order chi connectivity index (χ1) is 13.7. The lowest BCUT2D eigenvalue weighted by molar-refractivity contribution is -0.137. The summed E-state index contributed by atoms with van der Waals surface area (Å²) in [5.41, 5.74) is 2.70. The highest BCUT2D eigenvalue weighted by molar-refractivity contribution is 7.99. The van der Waals surface area contributed by atoms with Crippen LogP contribution >= 0.6 is 11.9 Å². The highest BCUT2D eigenvalue weighted by Crippen LogP contribution is 2.53. The van der Waals surface area contributed by atoms with E-state index in [2.05, 4.69) is 38.7 Å². The molecule has 0 bridgehead atoms. The Labute approximate surface area is 174 Å². The average molecular weight is 419 g/mol. The lowest BCUT2D eigenvalue weighted by atomic mass is 9.73. The first kappa shape index (κ1) is 20.3. The molecule has 3 atom stereocenters. The molecule has 2 heterocycles. The summed E-state index contributed by atoms with van der Waals surface area (Å²) in [5.74, 6) is 1.09. The van der Waals surface area contributed by atoms with Gasteiger partial charge in [0.15, 0.2) is 0 Å². The minimum Gasteiger partial charge on any atom is -0.310 e. The van der Waals surface area contributed by atoms with Gasteiger partial charge in [0.25, 0.3) is 0 Å². The van der Waals surface area contributed by atoms with Gasteiger partial charge in [0.05, 0.1) is 11.3 Å². The Morgan fingerprint density at radius 3 is 2.45 bits per heavy atom. The molecule has 0 aliphatic carbocycles. The molecule has 2 nitrogen and oxygen atoms in total. The third kappa shape index (κ3) is 3.07. The lowest BCUT2D eigenvalue weighted by Gasteiger charge is -2.45. The van der Waals surface area contributed by atoms with Gasteiger partial charge in [-0.25, -0.2) is 0 Å². The fourth-order valence-corrected chi connectivity index (χ4v) is 5.75. The second kappa shape index (κ2) is 7.08. The van der Waals surface area contributed by atoms with Crippen LogP contribution in [-0.2, 0) is 6.18 Å². The van der Waals surface area contributed by atoms with E-state index >= 15 is 0 Å². The average Bonchev–Trinajstić information content (AvgIpc) is 3.18. The topological polar surface area (TPSA) is 15.6 Å². The van der Waals surface area contributed by atoms with E-state index < -0.39 is 11.7 Å².